The molecule has 0 aliphatic rings. The van der Waals surface area contributed by atoms with Gasteiger partial charge >= 0.3 is 0 Å². The summed E-state index contributed by atoms with van der Waals surface area (Å²) in [6, 6.07) is 22.3. The smallest absolute Gasteiger partial charge is 0.231 e. The van der Waals surface area contributed by atoms with Crippen LogP contribution in [0.3, 0.4) is 0 Å². The number of anilines is 1. The summed E-state index contributed by atoms with van der Waals surface area (Å²) in [6.45, 7) is 5.68. The second-order valence-corrected chi connectivity index (χ2v) is 6.22. The first kappa shape index (κ1) is 17.2. The van der Waals surface area contributed by atoms with Crippen LogP contribution in [0, 0.1) is 0 Å². The number of carbonyl (C=O) groups excluding carboxylic acids is 1. The summed E-state index contributed by atoms with van der Waals surface area (Å²) in [4.78, 5) is 12.9. The molecule has 2 N–H and O–H groups in total. The van der Waals surface area contributed by atoms with Crippen molar-refractivity contribution >= 4 is 22.4 Å². The van der Waals surface area contributed by atoms with Crippen molar-refractivity contribution in [3.8, 4) is 0 Å². The van der Waals surface area contributed by atoms with Gasteiger partial charge in [-0.1, -0.05) is 67.6 Å². The number of nitrogens with one attached hydrogen (secondary N) is 2. The van der Waals surface area contributed by atoms with Gasteiger partial charge in [-0.15, -0.1) is 0 Å². The second-order valence-electron chi connectivity index (χ2n) is 6.22. The Morgan fingerprint density at radius 2 is 1.68 bits per heavy atom. The molecule has 0 saturated carbocycles. The molecule has 0 heterocycles. The molecule has 1 atom stereocenters. The molecule has 25 heavy (non-hydrogen) atoms. The Morgan fingerprint density at radius 1 is 0.960 bits per heavy atom. The number of rotatable bonds is 6. The van der Waals surface area contributed by atoms with Crippen molar-refractivity contribution in [3.05, 3.63) is 77.9 Å². The summed E-state index contributed by atoms with van der Waals surface area (Å²) in [5.41, 5.74) is 3.03. The molecule has 3 heteroatoms. The molecule has 3 nitrogen and oxygen atoms in total. The van der Waals surface area contributed by atoms with Crippen LogP contribution < -0.4 is 10.6 Å². The number of fused-ring (bicyclic) bond motifs is 1. The molecule has 0 spiro atoms. The summed E-state index contributed by atoms with van der Waals surface area (Å²) >= 11 is 0. The van der Waals surface area contributed by atoms with Crippen LogP contribution in [0.4, 0.5) is 5.69 Å². The number of para-hydroxylation sites is 1. The predicted octanol–water partition coefficient (Wildman–Crippen LogP) is 4.69. The minimum atomic E-state index is -0.224. The normalized spacial score (nSPS) is 12.1. The maximum atomic E-state index is 12.9. The lowest BCUT2D eigenvalue weighted by molar-refractivity contribution is -0.117. The lowest BCUT2D eigenvalue weighted by Crippen LogP contribution is -2.21. The highest BCUT2D eigenvalue weighted by Gasteiger charge is 2.18. The van der Waals surface area contributed by atoms with Gasteiger partial charge in [0.1, 0.15) is 0 Å². The van der Waals surface area contributed by atoms with E-state index in [2.05, 4.69) is 35.8 Å². The highest BCUT2D eigenvalue weighted by atomic mass is 16.1. The quantitative estimate of drug-likeness (QED) is 0.687. The van der Waals surface area contributed by atoms with Crippen molar-refractivity contribution in [3.63, 3.8) is 0 Å². The predicted molar refractivity (Wildman–Crippen MR) is 105 cm³/mol. The van der Waals surface area contributed by atoms with Crippen LogP contribution in [0.25, 0.3) is 10.8 Å². The Morgan fingerprint density at radius 3 is 2.52 bits per heavy atom. The van der Waals surface area contributed by atoms with Crippen LogP contribution in [0.2, 0.25) is 0 Å². The fourth-order valence-electron chi connectivity index (χ4n) is 3.07. The topological polar surface area (TPSA) is 41.1 Å². The Hall–Kier alpha value is -2.65. The third-order valence-corrected chi connectivity index (χ3v) is 4.52. The molecule has 128 valence electrons. The van der Waals surface area contributed by atoms with E-state index in [0.29, 0.717) is 0 Å². The number of carbonyl (C=O) groups is 1. The number of benzene rings is 3. The van der Waals surface area contributed by atoms with Crippen molar-refractivity contribution in [2.75, 3.05) is 11.9 Å². The molecular formula is C22H24N2O. The van der Waals surface area contributed by atoms with E-state index >= 15 is 0 Å². The Kier molecular flexibility index (Phi) is 5.46. The first-order valence-electron chi connectivity index (χ1n) is 8.78. The fourth-order valence-corrected chi connectivity index (χ4v) is 3.07. The first-order chi connectivity index (χ1) is 12.2. The molecule has 0 aliphatic carbocycles. The number of hydrogen-bond donors (Lipinski definition) is 2. The SMILES string of the molecule is CCNCc1ccccc1NC(=O)C(C)c1cccc2ccccc12. The highest BCUT2D eigenvalue weighted by molar-refractivity contribution is 5.99. The minimum Gasteiger partial charge on any atom is -0.325 e. The lowest BCUT2D eigenvalue weighted by Gasteiger charge is -2.17. The summed E-state index contributed by atoms with van der Waals surface area (Å²) in [5.74, 6) is -0.210. The van der Waals surface area contributed by atoms with E-state index in [9.17, 15) is 4.79 Å². The monoisotopic (exact) mass is 332 g/mol. The molecule has 0 saturated heterocycles. The van der Waals surface area contributed by atoms with E-state index in [0.717, 1.165) is 40.7 Å². The van der Waals surface area contributed by atoms with Gasteiger partial charge in [-0.3, -0.25) is 4.79 Å². The Labute approximate surface area is 149 Å². The highest BCUT2D eigenvalue weighted by Crippen LogP contribution is 2.27. The molecule has 3 aromatic rings. The zero-order chi connectivity index (χ0) is 17.6. The van der Waals surface area contributed by atoms with Gasteiger partial charge in [0.15, 0.2) is 0 Å². The largest absolute Gasteiger partial charge is 0.325 e. The summed E-state index contributed by atoms with van der Waals surface area (Å²) < 4.78 is 0. The fraction of sp³-hybridized carbons (Fsp3) is 0.227. The van der Waals surface area contributed by atoms with E-state index in [4.69, 9.17) is 0 Å². The minimum absolute atomic E-state index is 0.0142. The maximum Gasteiger partial charge on any atom is 0.231 e. The van der Waals surface area contributed by atoms with Crippen molar-refractivity contribution in [2.24, 2.45) is 0 Å². The number of hydrogen-bond acceptors (Lipinski definition) is 2. The lowest BCUT2D eigenvalue weighted by atomic mass is 9.94. The molecular weight excluding hydrogens is 308 g/mol. The van der Waals surface area contributed by atoms with Gasteiger partial charge in [-0.25, -0.2) is 0 Å². The molecule has 0 aliphatic heterocycles. The average Bonchev–Trinajstić information content (AvgIpc) is 2.66. The first-order valence-corrected chi connectivity index (χ1v) is 8.78. The average molecular weight is 332 g/mol. The third-order valence-electron chi connectivity index (χ3n) is 4.52. The van der Waals surface area contributed by atoms with Crippen molar-refractivity contribution in [1.82, 2.24) is 5.32 Å². The molecule has 3 aromatic carbocycles. The van der Waals surface area contributed by atoms with Crippen molar-refractivity contribution in [2.45, 2.75) is 26.3 Å². The van der Waals surface area contributed by atoms with E-state index in [1.165, 1.54) is 0 Å². The summed E-state index contributed by atoms with van der Waals surface area (Å²) in [6.07, 6.45) is 0. The molecule has 0 fully saturated rings. The van der Waals surface area contributed by atoms with Gasteiger partial charge in [0.05, 0.1) is 5.92 Å². The Balaban J connectivity index is 1.84. The van der Waals surface area contributed by atoms with Gasteiger partial charge in [0.25, 0.3) is 0 Å². The summed E-state index contributed by atoms with van der Waals surface area (Å²) in [5, 5.41) is 8.71. The van der Waals surface area contributed by atoms with Gasteiger partial charge < -0.3 is 10.6 Å². The van der Waals surface area contributed by atoms with Gasteiger partial charge in [0, 0.05) is 12.2 Å². The zero-order valence-electron chi connectivity index (χ0n) is 14.8. The van der Waals surface area contributed by atoms with Crippen LogP contribution in [0.15, 0.2) is 66.7 Å². The van der Waals surface area contributed by atoms with Gasteiger partial charge in [-0.2, -0.15) is 0 Å². The standard InChI is InChI=1S/C22H24N2O/c1-3-23-15-18-10-5-7-14-21(18)24-22(25)16(2)19-13-8-11-17-9-4-6-12-20(17)19/h4-14,16,23H,3,15H2,1-2H3,(H,24,25). The van der Waals surface area contributed by atoms with Gasteiger partial charge in [-0.05, 0) is 41.4 Å². The van der Waals surface area contributed by atoms with E-state index < -0.39 is 0 Å². The van der Waals surface area contributed by atoms with Crippen LogP contribution in [-0.4, -0.2) is 12.5 Å². The Bertz CT molecular complexity index is 867. The molecule has 0 bridgehead atoms. The molecule has 1 unspecified atom stereocenters. The van der Waals surface area contributed by atoms with Crippen LogP contribution in [0.5, 0.6) is 0 Å². The zero-order valence-corrected chi connectivity index (χ0v) is 14.8. The van der Waals surface area contributed by atoms with Crippen molar-refractivity contribution in [1.29, 1.82) is 0 Å². The number of amides is 1. The molecule has 1 amide bonds. The van der Waals surface area contributed by atoms with Crippen LogP contribution >= 0.6 is 0 Å². The van der Waals surface area contributed by atoms with Crippen molar-refractivity contribution < 1.29 is 4.79 Å². The second kappa shape index (κ2) is 7.95. The summed E-state index contributed by atoms with van der Waals surface area (Å²) in [7, 11) is 0. The molecule has 0 aromatic heterocycles. The van der Waals surface area contributed by atoms with E-state index in [1.807, 2.05) is 55.5 Å². The van der Waals surface area contributed by atoms with Crippen LogP contribution in [0.1, 0.15) is 30.9 Å². The molecule has 3 rings (SSSR count). The third kappa shape index (κ3) is 3.89. The van der Waals surface area contributed by atoms with E-state index in [-0.39, 0.29) is 11.8 Å². The van der Waals surface area contributed by atoms with Crippen LogP contribution in [-0.2, 0) is 11.3 Å². The maximum absolute atomic E-state index is 12.9. The van der Waals surface area contributed by atoms with Gasteiger partial charge in [0.2, 0.25) is 5.91 Å². The van der Waals surface area contributed by atoms with E-state index in [1.54, 1.807) is 0 Å². The molecule has 0 radical (unpaired) electrons.